The maximum atomic E-state index is 12.5. The third kappa shape index (κ3) is 6.54. The van der Waals surface area contributed by atoms with E-state index < -0.39 is 0 Å². The van der Waals surface area contributed by atoms with Crippen molar-refractivity contribution in [2.45, 2.75) is 13.3 Å². The van der Waals surface area contributed by atoms with Crippen LogP contribution >= 0.6 is 0 Å². The Bertz CT molecular complexity index is 949. The molecule has 0 saturated heterocycles. The second-order valence-corrected chi connectivity index (χ2v) is 6.84. The van der Waals surface area contributed by atoms with Gasteiger partial charge in [0.1, 0.15) is 18.1 Å². The van der Waals surface area contributed by atoms with Crippen LogP contribution in [0.1, 0.15) is 22.8 Å². The summed E-state index contributed by atoms with van der Waals surface area (Å²) in [6.07, 6.45) is 0.850. The number of carbonyl (C=O) groups is 1. The average molecular weight is 387 g/mol. The number of amides is 1. The van der Waals surface area contributed by atoms with Crippen molar-refractivity contribution >= 4 is 11.6 Å². The summed E-state index contributed by atoms with van der Waals surface area (Å²) in [5, 5.41) is 2.89. The highest BCUT2D eigenvalue weighted by molar-refractivity contribution is 6.04. The van der Waals surface area contributed by atoms with Crippen LogP contribution in [-0.2, 0) is 6.42 Å². The highest BCUT2D eigenvalue weighted by Gasteiger charge is 2.08. The fourth-order valence-corrected chi connectivity index (χ4v) is 2.70. The molecular formula is C25H25NO3. The lowest BCUT2D eigenvalue weighted by molar-refractivity contribution is 0.102. The summed E-state index contributed by atoms with van der Waals surface area (Å²) in [6, 6.07) is 24.7. The van der Waals surface area contributed by atoms with E-state index in [1.165, 1.54) is 5.56 Å². The molecule has 29 heavy (non-hydrogen) atoms. The Kier molecular flexibility index (Phi) is 7.06. The minimum atomic E-state index is -0.191. The molecule has 0 radical (unpaired) electrons. The molecule has 1 amide bonds. The van der Waals surface area contributed by atoms with Gasteiger partial charge in [0.05, 0.1) is 6.61 Å². The molecule has 0 fully saturated rings. The minimum absolute atomic E-state index is 0.191. The van der Waals surface area contributed by atoms with E-state index in [0.717, 1.165) is 17.7 Å². The molecule has 3 aromatic rings. The van der Waals surface area contributed by atoms with Crippen LogP contribution in [0.25, 0.3) is 0 Å². The number of nitrogens with one attached hydrogen (secondary N) is 1. The molecule has 4 nitrogen and oxygen atoms in total. The molecule has 0 aromatic heterocycles. The zero-order chi connectivity index (χ0) is 20.5. The van der Waals surface area contributed by atoms with E-state index in [0.29, 0.717) is 30.2 Å². The molecule has 0 aliphatic rings. The summed E-state index contributed by atoms with van der Waals surface area (Å²) in [6.45, 7) is 6.74. The molecule has 148 valence electrons. The first-order valence-corrected chi connectivity index (χ1v) is 9.55. The smallest absolute Gasteiger partial charge is 0.255 e. The molecular weight excluding hydrogens is 362 g/mol. The molecule has 0 bridgehead atoms. The number of ether oxygens (including phenoxy) is 2. The Balaban J connectivity index is 1.52. The van der Waals surface area contributed by atoms with Gasteiger partial charge < -0.3 is 14.8 Å². The third-order valence-electron chi connectivity index (χ3n) is 4.20. The van der Waals surface area contributed by atoms with E-state index in [2.05, 4.69) is 24.0 Å². The van der Waals surface area contributed by atoms with E-state index in [9.17, 15) is 4.79 Å². The van der Waals surface area contributed by atoms with E-state index in [-0.39, 0.29) is 5.91 Å². The topological polar surface area (TPSA) is 47.6 Å². The molecule has 0 saturated carbocycles. The summed E-state index contributed by atoms with van der Waals surface area (Å²) in [4.78, 5) is 12.5. The number of anilines is 1. The first-order valence-electron chi connectivity index (χ1n) is 9.55. The van der Waals surface area contributed by atoms with Gasteiger partial charge in [0.15, 0.2) is 0 Å². The standard InChI is InChI=1S/C25H25NO3/c1-19(2)18-29-24-10-6-9-21(17-24)25(27)26-22-11-13-23(14-12-22)28-16-15-20-7-4-3-5-8-20/h3-14,17H,1,15-16,18H2,2H3,(H,26,27). The van der Waals surface area contributed by atoms with Crippen LogP contribution in [0.4, 0.5) is 5.69 Å². The monoisotopic (exact) mass is 387 g/mol. The van der Waals surface area contributed by atoms with Crippen molar-refractivity contribution in [3.63, 3.8) is 0 Å². The molecule has 0 atom stereocenters. The number of hydrogen-bond donors (Lipinski definition) is 1. The van der Waals surface area contributed by atoms with Crippen LogP contribution in [0.3, 0.4) is 0 Å². The van der Waals surface area contributed by atoms with Gasteiger partial charge in [0.25, 0.3) is 5.91 Å². The quantitative estimate of drug-likeness (QED) is 0.492. The lowest BCUT2D eigenvalue weighted by Gasteiger charge is -2.10. The van der Waals surface area contributed by atoms with Crippen LogP contribution in [0, 0.1) is 0 Å². The summed E-state index contributed by atoms with van der Waals surface area (Å²) in [5.41, 5.74) is 3.41. The Labute approximate surface area is 171 Å². The Morgan fingerprint density at radius 2 is 1.66 bits per heavy atom. The molecule has 4 heteroatoms. The molecule has 0 aliphatic carbocycles. The van der Waals surface area contributed by atoms with E-state index in [4.69, 9.17) is 9.47 Å². The van der Waals surface area contributed by atoms with Gasteiger partial charge in [-0.3, -0.25) is 4.79 Å². The van der Waals surface area contributed by atoms with Crippen LogP contribution < -0.4 is 14.8 Å². The number of benzene rings is 3. The highest BCUT2D eigenvalue weighted by atomic mass is 16.5. The predicted octanol–water partition coefficient (Wildman–Crippen LogP) is 5.52. The summed E-state index contributed by atoms with van der Waals surface area (Å²) < 4.78 is 11.4. The Hall–Kier alpha value is -3.53. The fourth-order valence-electron chi connectivity index (χ4n) is 2.70. The number of hydrogen-bond acceptors (Lipinski definition) is 3. The van der Waals surface area contributed by atoms with Gasteiger partial charge >= 0.3 is 0 Å². The SMILES string of the molecule is C=C(C)COc1cccc(C(=O)Nc2ccc(OCCc3ccccc3)cc2)c1. The zero-order valence-electron chi connectivity index (χ0n) is 16.6. The first kappa shape index (κ1) is 20.2. The second kappa shape index (κ2) is 10.1. The fraction of sp³-hybridized carbons (Fsp3) is 0.160. The van der Waals surface area contributed by atoms with Crippen molar-refractivity contribution in [3.8, 4) is 11.5 Å². The third-order valence-corrected chi connectivity index (χ3v) is 4.20. The molecule has 0 aliphatic heterocycles. The first-order chi connectivity index (χ1) is 14.1. The van der Waals surface area contributed by atoms with Gasteiger partial charge in [-0.2, -0.15) is 0 Å². The lowest BCUT2D eigenvalue weighted by Crippen LogP contribution is -2.12. The predicted molar refractivity (Wildman–Crippen MR) is 117 cm³/mol. The minimum Gasteiger partial charge on any atom is -0.493 e. The molecule has 0 heterocycles. The molecule has 3 rings (SSSR count). The number of rotatable bonds is 9. The number of carbonyl (C=O) groups excluding carboxylic acids is 1. The van der Waals surface area contributed by atoms with Gasteiger partial charge in [0.2, 0.25) is 0 Å². The van der Waals surface area contributed by atoms with Gasteiger partial charge in [-0.25, -0.2) is 0 Å². The summed E-state index contributed by atoms with van der Waals surface area (Å²) in [7, 11) is 0. The normalized spacial score (nSPS) is 10.2. The maximum Gasteiger partial charge on any atom is 0.255 e. The zero-order valence-corrected chi connectivity index (χ0v) is 16.6. The molecule has 0 unspecified atom stereocenters. The van der Waals surface area contributed by atoms with Gasteiger partial charge in [-0.05, 0) is 60.5 Å². The van der Waals surface area contributed by atoms with E-state index >= 15 is 0 Å². The van der Waals surface area contributed by atoms with Crippen LogP contribution in [0.2, 0.25) is 0 Å². The van der Waals surface area contributed by atoms with Gasteiger partial charge in [-0.15, -0.1) is 0 Å². The average Bonchev–Trinajstić information content (AvgIpc) is 2.74. The van der Waals surface area contributed by atoms with Crippen molar-refractivity contribution in [1.29, 1.82) is 0 Å². The highest BCUT2D eigenvalue weighted by Crippen LogP contribution is 2.19. The van der Waals surface area contributed by atoms with E-state index in [1.807, 2.05) is 55.5 Å². The Morgan fingerprint density at radius 1 is 0.897 bits per heavy atom. The molecule has 0 spiro atoms. The summed E-state index contributed by atoms with van der Waals surface area (Å²) >= 11 is 0. The van der Waals surface area contributed by atoms with Crippen LogP contribution in [0.5, 0.6) is 11.5 Å². The summed E-state index contributed by atoms with van der Waals surface area (Å²) in [5.74, 6) is 1.22. The van der Waals surface area contributed by atoms with Gasteiger partial charge in [-0.1, -0.05) is 43.0 Å². The van der Waals surface area contributed by atoms with Crippen molar-refractivity contribution in [3.05, 3.63) is 102 Å². The van der Waals surface area contributed by atoms with Crippen molar-refractivity contribution in [2.24, 2.45) is 0 Å². The van der Waals surface area contributed by atoms with Crippen molar-refractivity contribution in [1.82, 2.24) is 0 Å². The van der Waals surface area contributed by atoms with Crippen LogP contribution in [-0.4, -0.2) is 19.1 Å². The molecule has 3 aromatic carbocycles. The van der Waals surface area contributed by atoms with Crippen molar-refractivity contribution < 1.29 is 14.3 Å². The lowest BCUT2D eigenvalue weighted by atomic mass is 10.2. The van der Waals surface area contributed by atoms with Crippen molar-refractivity contribution in [2.75, 3.05) is 18.5 Å². The van der Waals surface area contributed by atoms with E-state index in [1.54, 1.807) is 18.2 Å². The largest absolute Gasteiger partial charge is 0.493 e. The molecule has 1 N–H and O–H groups in total. The Morgan fingerprint density at radius 3 is 2.38 bits per heavy atom. The van der Waals surface area contributed by atoms with Crippen LogP contribution in [0.15, 0.2) is 91.0 Å². The van der Waals surface area contributed by atoms with Gasteiger partial charge in [0, 0.05) is 17.7 Å². The second-order valence-electron chi connectivity index (χ2n) is 6.84. The maximum absolute atomic E-state index is 12.5.